The summed E-state index contributed by atoms with van der Waals surface area (Å²) in [6.45, 7) is 0. The monoisotopic (exact) mass is 222 g/mol. The first-order chi connectivity index (χ1) is 7.63. The second-order valence-corrected chi connectivity index (χ2v) is 4.40. The second-order valence-electron chi connectivity index (χ2n) is 4.40. The lowest BCUT2D eigenvalue weighted by Gasteiger charge is -2.31. The number of pyridine rings is 1. The van der Waals surface area contributed by atoms with E-state index in [4.69, 9.17) is 5.73 Å². The number of rotatable bonds is 2. The number of Topliss-reactive ketones (excluding diaryl/α,β-unsaturated/α-hetero) is 1. The number of carbonyl (C=O) groups is 1. The number of halogens is 1. The molecule has 1 saturated carbocycles. The van der Waals surface area contributed by atoms with E-state index in [0.29, 0.717) is 12.8 Å². The molecule has 1 heterocycles. The third kappa shape index (κ3) is 1.97. The van der Waals surface area contributed by atoms with Crippen LogP contribution in [0.25, 0.3) is 0 Å². The van der Waals surface area contributed by atoms with Crippen LogP contribution in [0.1, 0.15) is 42.5 Å². The predicted molar refractivity (Wildman–Crippen MR) is 58.5 cm³/mol. The molecule has 0 aromatic carbocycles. The number of aromatic nitrogens is 1. The van der Waals surface area contributed by atoms with Gasteiger partial charge in [-0.1, -0.05) is 19.3 Å². The zero-order valence-corrected chi connectivity index (χ0v) is 9.08. The lowest BCUT2D eigenvalue weighted by molar-refractivity contribution is 0.0843. The van der Waals surface area contributed by atoms with Crippen molar-refractivity contribution in [2.24, 2.45) is 5.73 Å². The largest absolute Gasteiger partial charge is 0.319 e. The first-order valence-corrected chi connectivity index (χ1v) is 5.57. The molecule has 0 bridgehead atoms. The first-order valence-electron chi connectivity index (χ1n) is 5.57. The van der Waals surface area contributed by atoms with Gasteiger partial charge >= 0.3 is 0 Å². The van der Waals surface area contributed by atoms with Crippen molar-refractivity contribution < 1.29 is 9.18 Å². The van der Waals surface area contributed by atoms with Crippen molar-refractivity contribution in [2.75, 3.05) is 0 Å². The third-order valence-electron chi connectivity index (χ3n) is 3.22. The highest BCUT2D eigenvalue weighted by Crippen LogP contribution is 2.29. The van der Waals surface area contributed by atoms with Crippen molar-refractivity contribution >= 4 is 5.78 Å². The minimum Gasteiger partial charge on any atom is -0.319 e. The highest BCUT2D eigenvalue weighted by molar-refractivity contribution is 6.03. The van der Waals surface area contributed by atoms with Gasteiger partial charge in [-0.2, -0.15) is 0 Å². The predicted octanol–water partition coefficient (Wildman–Crippen LogP) is 2.06. The van der Waals surface area contributed by atoms with E-state index >= 15 is 0 Å². The number of nitrogens with zero attached hydrogens (tertiary/aromatic N) is 1. The number of hydrogen-bond donors (Lipinski definition) is 1. The van der Waals surface area contributed by atoms with Gasteiger partial charge in [0.15, 0.2) is 11.6 Å². The molecule has 1 fully saturated rings. The summed E-state index contributed by atoms with van der Waals surface area (Å²) >= 11 is 0. The molecule has 86 valence electrons. The molecule has 0 aliphatic heterocycles. The molecule has 2 N–H and O–H groups in total. The minimum atomic E-state index is -0.875. The molecule has 0 saturated heterocycles. The smallest absolute Gasteiger partial charge is 0.185 e. The van der Waals surface area contributed by atoms with Gasteiger partial charge in [0.2, 0.25) is 0 Å². The van der Waals surface area contributed by atoms with Crippen LogP contribution >= 0.6 is 0 Å². The normalized spacial score (nSPS) is 19.4. The average molecular weight is 222 g/mol. The van der Waals surface area contributed by atoms with Gasteiger partial charge in [0.1, 0.15) is 0 Å². The lowest BCUT2D eigenvalue weighted by atomic mass is 9.77. The van der Waals surface area contributed by atoms with E-state index in [1.54, 1.807) is 0 Å². The van der Waals surface area contributed by atoms with Crippen LogP contribution in [-0.2, 0) is 0 Å². The molecule has 0 unspecified atom stereocenters. The minimum absolute atomic E-state index is 0.0689. The molecule has 1 aliphatic rings. The van der Waals surface area contributed by atoms with Crippen molar-refractivity contribution in [3.8, 4) is 0 Å². The van der Waals surface area contributed by atoms with Crippen LogP contribution in [-0.4, -0.2) is 16.3 Å². The van der Waals surface area contributed by atoms with E-state index in [0.717, 1.165) is 25.5 Å². The summed E-state index contributed by atoms with van der Waals surface area (Å²) in [7, 11) is 0. The van der Waals surface area contributed by atoms with Gasteiger partial charge in [-0.25, -0.2) is 4.39 Å². The van der Waals surface area contributed by atoms with Gasteiger partial charge in [0, 0.05) is 6.20 Å². The third-order valence-corrected chi connectivity index (χ3v) is 3.22. The molecule has 1 aromatic heterocycles. The van der Waals surface area contributed by atoms with Crippen LogP contribution in [0.5, 0.6) is 0 Å². The van der Waals surface area contributed by atoms with Gasteiger partial charge in [0.05, 0.1) is 17.3 Å². The molecule has 1 aromatic rings. The van der Waals surface area contributed by atoms with Crippen LogP contribution in [0.4, 0.5) is 4.39 Å². The number of carbonyl (C=O) groups excluding carboxylic acids is 1. The first kappa shape index (κ1) is 11.2. The van der Waals surface area contributed by atoms with Crippen LogP contribution in [0.15, 0.2) is 18.5 Å². The molecule has 3 nitrogen and oxygen atoms in total. The maximum atomic E-state index is 13.4. The molecule has 0 radical (unpaired) electrons. The topological polar surface area (TPSA) is 56.0 Å². The van der Waals surface area contributed by atoms with Gasteiger partial charge < -0.3 is 5.73 Å². The van der Waals surface area contributed by atoms with Crippen LogP contribution in [0.3, 0.4) is 0 Å². The Morgan fingerprint density at radius 3 is 2.69 bits per heavy atom. The summed E-state index contributed by atoms with van der Waals surface area (Å²) in [6.07, 6.45) is 6.75. The van der Waals surface area contributed by atoms with E-state index < -0.39 is 11.4 Å². The molecule has 4 heteroatoms. The van der Waals surface area contributed by atoms with Gasteiger partial charge in [-0.05, 0) is 18.9 Å². The molecule has 0 amide bonds. The van der Waals surface area contributed by atoms with Crippen LogP contribution in [0, 0.1) is 5.82 Å². The zero-order chi connectivity index (χ0) is 11.6. The van der Waals surface area contributed by atoms with E-state index in [-0.39, 0.29) is 11.3 Å². The Bertz CT molecular complexity index is 400. The van der Waals surface area contributed by atoms with Crippen LogP contribution < -0.4 is 5.73 Å². The van der Waals surface area contributed by atoms with Crippen molar-refractivity contribution in [2.45, 2.75) is 37.6 Å². The Morgan fingerprint density at radius 1 is 1.38 bits per heavy atom. The molecule has 1 aliphatic carbocycles. The zero-order valence-electron chi connectivity index (χ0n) is 9.08. The number of ketones is 1. The molecule has 0 atom stereocenters. The summed E-state index contributed by atoms with van der Waals surface area (Å²) in [4.78, 5) is 15.8. The Morgan fingerprint density at radius 2 is 2.06 bits per heavy atom. The Balaban J connectivity index is 2.28. The Labute approximate surface area is 93.9 Å². The van der Waals surface area contributed by atoms with Gasteiger partial charge in [-0.15, -0.1) is 0 Å². The quantitative estimate of drug-likeness (QED) is 0.779. The van der Waals surface area contributed by atoms with Crippen molar-refractivity contribution in [3.05, 3.63) is 29.8 Å². The fourth-order valence-electron chi connectivity index (χ4n) is 2.24. The Hall–Kier alpha value is -1.29. The van der Waals surface area contributed by atoms with Gasteiger partial charge in [0.25, 0.3) is 0 Å². The van der Waals surface area contributed by atoms with Crippen molar-refractivity contribution in [1.82, 2.24) is 4.98 Å². The summed E-state index contributed by atoms with van der Waals surface area (Å²) in [5.74, 6) is -0.866. The molecular weight excluding hydrogens is 207 g/mol. The summed E-state index contributed by atoms with van der Waals surface area (Å²) < 4.78 is 13.4. The molecule has 16 heavy (non-hydrogen) atoms. The second kappa shape index (κ2) is 4.29. The lowest BCUT2D eigenvalue weighted by Crippen LogP contribution is -2.49. The van der Waals surface area contributed by atoms with E-state index in [1.165, 1.54) is 12.3 Å². The highest BCUT2D eigenvalue weighted by atomic mass is 19.1. The summed E-state index contributed by atoms with van der Waals surface area (Å²) in [5.41, 5.74) is 5.26. The van der Waals surface area contributed by atoms with Gasteiger partial charge in [-0.3, -0.25) is 9.78 Å². The van der Waals surface area contributed by atoms with Crippen molar-refractivity contribution in [1.29, 1.82) is 0 Å². The maximum Gasteiger partial charge on any atom is 0.185 e. The summed E-state index contributed by atoms with van der Waals surface area (Å²) in [5, 5.41) is 0. The van der Waals surface area contributed by atoms with E-state index in [2.05, 4.69) is 4.98 Å². The van der Waals surface area contributed by atoms with E-state index in [1.807, 2.05) is 0 Å². The number of hydrogen-bond acceptors (Lipinski definition) is 3. The average Bonchev–Trinajstić information content (AvgIpc) is 2.30. The standard InChI is InChI=1S/C12H15FN2O/c13-10-8-15-7-4-9(10)11(16)12(14)5-2-1-3-6-12/h4,7-8H,1-3,5-6,14H2. The molecular formula is C12H15FN2O. The summed E-state index contributed by atoms with van der Waals surface area (Å²) in [6, 6.07) is 1.40. The number of nitrogens with two attached hydrogens (primary N) is 1. The van der Waals surface area contributed by atoms with E-state index in [9.17, 15) is 9.18 Å². The fourth-order valence-corrected chi connectivity index (χ4v) is 2.24. The SMILES string of the molecule is NC1(C(=O)c2ccncc2F)CCCCC1. The maximum absolute atomic E-state index is 13.4. The fraction of sp³-hybridized carbons (Fsp3) is 0.500. The molecule has 0 spiro atoms. The highest BCUT2D eigenvalue weighted by Gasteiger charge is 2.36. The van der Waals surface area contributed by atoms with Crippen molar-refractivity contribution in [3.63, 3.8) is 0 Å². The molecule has 2 rings (SSSR count). The Kier molecular flexibility index (Phi) is 3.01. The van der Waals surface area contributed by atoms with Crippen LogP contribution in [0.2, 0.25) is 0 Å².